The summed E-state index contributed by atoms with van der Waals surface area (Å²) in [6.45, 7) is 3.37. The van der Waals surface area contributed by atoms with E-state index >= 15 is 0 Å². The molecular formula is C9H8HgNO+. The molecule has 1 aromatic rings. The van der Waals surface area contributed by atoms with E-state index in [1.54, 1.807) is 0 Å². The summed E-state index contributed by atoms with van der Waals surface area (Å²) in [6.07, 6.45) is 1.26. The summed E-state index contributed by atoms with van der Waals surface area (Å²) in [4.78, 5) is 10.8. The van der Waals surface area contributed by atoms with Gasteiger partial charge in [0, 0.05) is 0 Å². The SMILES string of the molecule is C=CC(=O)Nc1cc[c]([Hg+])cc1. The van der Waals surface area contributed by atoms with Crippen LogP contribution in [0, 0.1) is 0 Å². The van der Waals surface area contributed by atoms with E-state index in [-0.39, 0.29) is 5.91 Å². The van der Waals surface area contributed by atoms with Crippen molar-refractivity contribution >= 4 is 14.7 Å². The zero-order valence-electron chi connectivity index (χ0n) is 6.71. The second-order valence-corrected chi connectivity index (χ2v) is 5.56. The van der Waals surface area contributed by atoms with E-state index in [1.165, 1.54) is 9.15 Å². The van der Waals surface area contributed by atoms with Crippen LogP contribution < -0.4 is 8.39 Å². The fraction of sp³-hybridized carbons (Fsp3) is 0. The number of amides is 1. The van der Waals surface area contributed by atoms with E-state index in [0.717, 1.165) is 5.69 Å². The summed E-state index contributed by atoms with van der Waals surface area (Å²) in [5, 5.41) is 2.68. The minimum absolute atomic E-state index is 0.166. The van der Waals surface area contributed by atoms with Gasteiger partial charge in [-0.2, -0.15) is 0 Å². The van der Waals surface area contributed by atoms with Crippen LogP contribution in [-0.4, -0.2) is 5.91 Å². The molecule has 56 valence electrons. The number of hydrogen-bond donors (Lipinski definition) is 1. The number of nitrogens with one attached hydrogen (secondary N) is 1. The molecule has 0 bridgehead atoms. The molecule has 2 nitrogen and oxygen atoms in total. The first-order valence-corrected chi connectivity index (χ1v) is 6.32. The molecule has 0 aliphatic heterocycles. The number of carbonyl (C=O) groups excluding carboxylic acids is 1. The first kappa shape index (κ1) is 9.45. The number of carbonyl (C=O) groups is 1. The Hall–Kier alpha value is -0.635. The molecule has 3 heteroatoms. The quantitative estimate of drug-likeness (QED) is 0.628. The Bertz CT molecular complexity index is 292. The molecule has 0 aliphatic rings. The van der Waals surface area contributed by atoms with Gasteiger partial charge in [0.2, 0.25) is 0 Å². The van der Waals surface area contributed by atoms with Crippen molar-refractivity contribution in [3.8, 4) is 0 Å². The number of benzene rings is 1. The first-order valence-electron chi connectivity index (χ1n) is 3.58. The van der Waals surface area contributed by atoms with E-state index in [4.69, 9.17) is 0 Å². The van der Waals surface area contributed by atoms with Gasteiger partial charge < -0.3 is 0 Å². The van der Waals surface area contributed by atoms with Crippen molar-refractivity contribution in [2.24, 2.45) is 0 Å². The molecule has 0 aromatic heterocycles. The van der Waals surface area contributed by atoms with Crippen LogP contribution in [0.4, 0.5) is 5.69 Å². The molecule has 0 aliphatic carbocycles. The summed E-state index contributed by atoms with van der Waals surface area (Å²) in [7, 11) is 0. The fourth-order valence-electron chi connectivity index (χ4n) is 0.781. The summed E-state index contributed by atoms with van der Waals surface area (Å²) in [6, 6.07) is 7.87. The Morgan fingerprint density at radius 3 is 2.50 bits per heavy atom. The maximum atomic E-state index is 10.8. The molecule has 1 rings (SSSR count). The third kappa shape index (κ3) is 2.78. The van der Waals surface area contributed by atoms with Gasteiger partial charge in [0.15, 0.2) is 0 Å². The number of anilines is 1. The molecule has 12 heavy (non-hydrogen) atoms. The third-order valence-electron chi connectivity index (χ3n) is 1.41. The van der Waals surface area contributed by atoms with E-state index in [1.807, 2.05) is 24.3 Å². The van der Waals surface area contributed by atoms with Crippen LogP contribution in [-0.2, 0) is 30.9 Å². The standard InChI is InChI=1S/C9H8NO.Hg/c1-2-9(11)10-8-6-4-3-5-7-8;/h2,4-7H,1H2,(H,10,11);/q;+1. The van der Waals surface area contributed by atoms with Gasteiger partial charge in [0.1, 0.15) is 0 Å². The van der Waals surface area contributed by atoms with Crippen molar-refractivity contribution in [3.05, 3.63) is 36.9 Å². The van der Waals surface area contributed by atoms with Gasteiger partial charge in [0.05, 0.1) is 0 Å². The Kier molecular flexibility index (Phi) is 3.47. The summed E-state index contributed by atoms with van der Waals surface area (Å²) in [5.74, 6) is -0.166. The molecule has 1 N–H and O–H groups in total. The van der Waals surface area contributed by atoms with Crippen LogP contribution in [0.5, 0.6) is 0 Å². The van der Waals surface area contributed by atoms with Gasteiger partial charge in [-0.15, -0.1) is 0 Å². The predicted molar refractivity (Wildman–Crippen MR) is 44.9 cm³/mol. The topological polar surface area (TPSA) is 29.1 Å². The van der Waals surface area contributed by atoms with Crippen molar-refractivity contribution in [2.75, 3.05) is 5.32 Å². The van der Waals surface area contributed by atoms with Crippen LogP contribution in [0.1, 0.15) is 0 Å². The van der Waals surface area contributed by atoms with E-state index in [0.29, 0.717) is 26.1 Å². The van der Waals surface area contributed by atoms with E-state index in [2.05, 4.69) is 11.9 Å². The molecule has 0 unspecified atom stereocenters. The maximum absolute atomic E-state index is 10.8. The molecule has 1 aromatic carbocycles. The molecule has 0 saturated carbocycles. The van der Waals surface area contributed by atoms with Gasteiger partial charge in [-0.1, -0.05) is 0 Å². The van der Waals surface area contributed by atoms with Crippen molar-refractivity contribution in [1.29, 1.82) is 0 Å². The molecule has 0 heterocycles. The molecular weight excluding hydrogens is 339 g/mol. The fourth-order valence-corrected chi connectivity index (χ4v) is 1.70. The average molecular weight is 347 g/mol. The second kappa shape index (κ2) is 4.41. The van der Waals surface area contributed by atoms with Crippen LogP contribution >= 0.6 is 0 Å². The van der Waals surface area contributed by atoms with E-state index < -0.39 is 0 Å². The van der Waals surface area contributed by atoms with Gasteiger partial charge in [-0.05, 0) is 0 Å². The zero-order valence-corrected chi connectivity index (χ0v) is 12.2. The van der Waals surface area contributed by atoms with Crippen molar-refractivity contribution in [2.45, 2.75) is 0 Å². The summed E-state index contributed by atoms with van der Waals surface area (Å²) >= 11 is 0.654. The Labute approximate surface area is 87.6 Å². The van der Waals surface area contributed by atoms with Crippen LogP contribution in [0.3, 0.4) is 0 Å². The average Bonchev–Trinajstić information content (AvgIpc) is 2.09. The van der Waals surface area contributed by atoms with Crippen LogP contribution in [0.2, 0.25) is 0 Å². The molecule has 0 radical (unpaired) electrons. The molecule has 1 amide bonds. The predicted octanol–water partition coefficient (Wildman–Crippen LogP) is 0.983. The zero-order chi connectivity index (χ0) is 8.97. The Morgan fingerprint density at radius 1 is 1.42 bits per heavy atom. The van der Waals surface area contributed by atoms with Gasteiger partial charge in [-0.3, -0.25) is 0 Å². The van der Waals surface area contributed by atoms with Crippen LogP contribution in [0.25, 0.3) is 0 Å². The molecule has 0 spiro atoms. The molecule has 0 atom stereocenters. The molecule has 0 saturated heterocycles. The van der Waals surface area contributed by atoms with E-state index in [9.17, 15) is 4.79 Å². The van der Waals surface area contributed by atoms with Gasteiger partial charge in [0.25, 0.3) is 0 Å². The molecule has 0 fully saturated rings. The van der Waals surface area contributed by atoms with Crippen molar-refractivity contribution in [1.82, 2.24) is 0 Å². The Balaban J connectivity index is 2.71. The number of rotatable bonds is 2. The van der Waals surface area contributed by atoms with Crippen molar-refractivity contribution < 1.29 is 30.9 Å². The van der Waals surface area contributed by atoms with Crippen LogP contribution in [0.15, 0.2) is 36.9 Å². The van der Waals surface area contributed by atoms with Crippen molar-refractivity contribution in [3.63, 3.8) is 0 Å². The first-order chi connectivity index (χ1) is 5.72. The minimum atomic E-state index is -0.166. The summed E-state index contributed by atoms with van der Waals surface area (Å²) in [5.41, 5.74) is 0.828. The normalized spacial score (nSPS) is 9.17. The summed E-state index contributed by atoms with van der Waals surface area (Å²) < 4.78 is 1.37. The third-order valence-corrected chi connectivity index (χ3v) is 3.24. The van der Waals surface area contributed by atoms with Gasteiger partial charge in [-0.25, -0.2) is 0 Å². The monoisotopic (exact) mass is 348 g/mol. The van der Waals surface area contributed by atoms with Gasteiger partial charge >= 0.3 is 87.8 Å². The second-order valence-electron chi connectivity index (χ2n) is 2.39. The number of hydrogen-bond acceptors (Lipinski definition) is 1. The Morgan fingerprint density at radius 2 is 2.00 bits per heavy atom.